The van der Waals surface area contributed by atoms with Crippen LogP contribution >= 0.6 is 0 Å². The molecule has 0 aliphatic carbocycles. The maximum absolute atomic E-state index is 12.7. The van der Waals surface area contributed by atoms with Crippen LogP contribution in [-0.2, 0) is 6.42 Å². The number of aromatic nitrogens is 2. The molecule has 0 aliphatic rings. The summed E-state index contributed by atoms with van der Waals surface area (Å²) in [6, 6.07) is 6.20. The zero-order valence-corrected chi connectivity index (χ0v) is 9.64. The average Bonchev–Trinajstić information content (AvgIpc) is 2.42. The standard InChI is InChI=1S/C13H12FN3O/c14-11-3-1-10(2-4-11)5-6-17-13(18)12-9-15-7-8-16-12/h1-4,7-9H,5-6H2,(H,17,18). The minimum atomic E-state index is -0.262. The number of amides is 1. The van der Waals surface area contributed by atoms with E-state index in [1.807, 2.05) is 0 Å². The summed E-state index contributed by atoms with van der Waals surface area (Å²) in [5, 5.41) is 2.73. The summed E-state index contributed by atoms with van der Waals surface area (Å²) in [5.74, 6) is -0.521. The smallest absolute Gasteiger partial charge is 0.271 e. The van der Waals surface area contributed by atoms with Gasteiger partial charge in [0.05, 0.1) is 6.20 Å². The van der Waals surface area contributed by atoms with E-state index in [4.69, 9.17) is 0 Å². The first-order chi connectivity index (χ1) is 8.75. The van der Waals surface area contributed by atoms with Crippen molar-refractivity contribution < 1.29 is 9.18 Å². The molecule has 1 aromatic heterocycles. The second-order valence-corrected chi connectivity index (χ2v) is 3.72. The Morgan fingerprint density at radius 3 is 2.67 bits per heavy atom. The van der Waals surface area contributed by atoms with Crippen molar-refractivity contribution in [3.8, 4) is 0 Å². The number of halogens is 1. The van der Waals surface area contributed by atoms with Gasteiger partial charge in [0.2, 0.25) is 0 Å². The Labute approximate surface area is 104 Å². The predicted molar refractivity (Wildman–Crippen MR) is 64.5 cm³/mol. The van der Waals surface area contributed by atoms with E-state index in [-0.39, 0.29) is 17.4 Å². The molecule has 0 saturated carbocycles. The van der Waals surface area contributed by atoms with Gasteiger partial charge >= 0.3 is 0 Å². The summed E-state index contributed by atoms with van der Waals surface area (Å²) in [6.07, 6.45) is 5.03. The van der Waals surface area contributed by atoms with Gasteiger partial charge in [-0.15, -0.1) is 0 Å². The lowest BCUT2D eigenvalue weighted by molar-refractivity contribution is 0.0948. The highest BCUT2D eigenvalue weighted by Gasteiger charge is 2.05. The van der Waals surface area contributed by atoms with Crippen LogP contribution in [0.2, 0.25) is 0 Å². The van der Waals surface area contributed by atoms with Gasteiger partial charge in [-0.05, 0) is 24.1 Å². The molecule has 18 heavy (non-hydrogen) atoms. The van der Waals surface area contributed by atoms with Crippen LogP contribution < -0.4 is 5.32 Å². The van der Waals surface area contributed by atoms with Gasteiger partial charge in [-0.2, -0.15) is 0 Å². The first kappa shape index (κ1) is 12.2. The number of carbonyl (C=O) groups is 1. The first-order valence-electron chi connectivity index (χ1n) is 5.54. The average molecular weight is 245 g/mol. The quantitative estimate of drug-likeness (QED) is 0.889. The zero-order chi connectivity index (χ0) is 12.8. The fourth-order valence-electron chi connectivity index (χ4n) is 1.48. The Hall–Kier alpha value is -2.30. The molecule has 1 heterocycles. The minimum absolute atomic E-state index is 0.259. The van der Waals surface area contributed by atoms with Gasteiger partial charge in [-0.3, -0.25) is 9.78 Å². The summed E-state index contributed by atoms with van der Waals surface area (Å²) in [7, 11) is 0. The van der Waals surface area contributed by atoms with Gasteiger partial charge in [0.1, 0.15) is 11.5 Å². The third-order valence-electron chi connectivity index (χ3n) is 2.41. The third kappa shape index (κ3) is 3.35. The second-order valence-electron chi connectivity index (χ2n) is 3.72. The van der Waals surface area contributed by atoms with Gasteiger partial charge in [0.25, 0.3) is 5.91 Å². The Morgan fingerprint density at radius 1 is 1.22 bits per heavy atom. The number of hydrogen-bond acceptors (Lipinski definition) is 3. The van der Waals surface area contributed by atoms with Crippen LogP contribution in [0, 0.1) is 5.82 Å². The molecule has 0 fully saturated rings. The van der Waals surface area contributed by atoms with Crippen LogP contribution in [0.15, 0.2) is 42.9 Å². The second kappa shape index (κ2) is 5.86. The third-order valence-corrected chi connectivity index (χ3v) is 2.41. The fourth-order valence-corrected chi connectivity index (χ4v) is 1.48. The molecule has 4 nitrogen and oxygen atoms in total. The molecule has 2 rings (SSSR count). The molecular formula is C13H12FN3O. The topological polar surface area (TPSA) is 54.9 Å². The summed E-state index contributed by atoms with van der Waals surface area (Å²) < 4.78 is 12.7. The lowest BCUT2D eigenvalue weighted by Crippen LogP contribution is -2.26. The van der Waals surface area contributed by atoms with Gasteiger partial charge < -0.3 is 5.32 Å². The van der Waals surface area contributed by atoms with Gasteiger partial charge in [-0.25, -0.2) is 9.37 Å². The molecule has 1 N–H and O–H groups in total. The summed E-state index contributed by atoms with van der Waals surface area (Å²) >= 11 is 0. The Kier molecular flexibility index (Phi) is 3.96. The molecule has 0 saturated heterocycles. The summed E-state index contributed by atoms with van der Waals surface area (Å²) in [4.78, 5) is 19.3. The SMILES string of the molecule is O=C(NCCc1ccc(F)cc1)c1cnccn1. The molecule has 0 unspecified atom stereocenters. The van der Waals surface area contributed by atoms with Crippen LogP contribution in [0.25, 0.3) is 0 Å². The lowest BCUT2D eigenvalue weighted by atomic mass is 10.1. The molecule has 2 aromatic rings. The minimum Gasteiger partial charge on any atom is -0.350 e. The highest BCUT2D eigenvalue weighted by Crippen LogP contribution is 2.02. The maximum Gasteiger partial charge on any atom is 0.271 e. The van der Waals surface area contributed by atoms with Crippen LogP contribution in [0.3, 0.4) is 0 Å². The lowest BCUT2D eigenvalue weighted by Gasteiger charge is -2.04. The number of carbonyl (C=O) groups excluding carboxylic acids is 1. The van der Waals surface area contributed by atoms with Crippen LogP contribution in [-0.4, -0.2) is 22.4 Å². The number of hydrogen-bond donors (Lipinski definition) is 1. The monoisotopic (exact) mass is 245 g/mol. The van der Waals surface area contributed by atoms with Crippen molar-refractivity contribution in [3.63, 3.8) is 0 Å². The molecule has 0 atom stereocenters. The number of rotatable bonds is 4. The van der Waals surface area contributed by atoms with Crippen molar-refractivity contribution in [1.82, 2.24) is 15.3 Å². The van der Waals surface area contributed by atoms with Crippen molar-refractivity contribution in [3.05, 3.63) is 59.9 Å². The largest absolute Gasteiger partial charge is 0.350 e. The Bertz CT molecular complexity index is 514. The molecule has 1 amide bonds. The number of nitrogens with one attached hydrogen (secondary N) is 1. The molecule has 0 spiro atoms. The van der Waals surface area contributed by atoms with E-state index in [1.54, 1.807) is 12.1 Å². The first-order valence-corrected chi connectivity index (χ1v) is 5.54. The van der Waals surface area contributed by atoms with E-state index in [0.29, 0.717) is 13.0 Å². The highest BCUT2D eigenvalue weighted by atomic mass is 19.1. The van der Waals surface area contributed by atoms with Crippen molar-refractivity contribution in [2.75, 3.05) is 6.54 Å². The van der Waals surface area contributed by atoms with E-state index in [2.05, 4.69) is 15.3 Å². The van der Waals surface area contributed by atoms with E-state index >= 15 is 0 Å². The maximum atomic E-state index is 12.7. The van der Waals surface area contributed by atoms with Gasteiger partial charge in [-0.1, -0.05) is 12.1 Å². The number of nitrogens with zero attached hydrogens (tertiary/aromatic N) is 2. The van der Waals surface area contributed by atoms with Crippen molar-refractivity contribution >= 4 is 5.91 Å². The molecule has 0 radical (unpaired) electrons. The van der Waals surface area contributed by atoms with Crippen molar-refractivity contribution in [2.45, 2.75) is 6.42 Å². The van der Waals surface area contributed by atoms with Crippen LogP contribution in [0.1, 0.15) is 16.1 Å². The van der Waals surface area contributed by atoms with Crippen LogP contribution in [0.4, 0.5) is 4.39 Å². The molecule has 0 bridgehead atoms. The van der Waals surface area contributed by atoms with Gasteiger partial charge in [0.15, 0.2) is 0 Å². The molecule has 92 valence electrons. The predicted octanol–water partition coefficient (Wildman–Crippen LogP) is 1.59. The highest BCUT2D eigenvalue weighted by molar-refractivity contribution is 5.91. The van der Waals surface area contributed by atoms with E-state index in [9.17, 15) is 9.18 Å². The normalized spacial score (nSPS) is 10.1. The Balaban J connectivity index is 1.82. The van der Waals surface area contributed by atoms with E-state index < -0.39 is 0 Å². The van der Waals surface area contributed by atoms with Crippen molar-refractivity contribution in [1.29, 1.82) is 0 Å². The van der Waals surface area contributed by atoms with Crippen molar-refractivity contribution in [2.24, 2.45) is 0 Å². The summed E-state index contributed by atoms with van der Waals surface area (Å²) in [6.45, 7) is 0.473. The molecular weight excluding hydrogens is 233 g/mol. The molecule has 1 aromatic carbocycles. The van der Waals surface area contributed by atoms with Crippen LogP contribution in [0.5, 0.6) is 0 Å². The fraction of sp³-hybridized carbons (Fsp3) is 0.154. The van der Waals surface area contributed by atoms with Gasteiger partial charge in [0, 0.05) is 18.9 Å². The summed E-state index contributed by atoms with van der Waals surface area (Å²) in [5.41, 5.74) is 1.26. The molecule has 5 heteroatoms. The zero-order valence-electron chi connectivity index (χ0n) is 9.64. The number of benzene rings is 1. The molecule has 0 aliphatic heterocycles. The Morgan fingerprint density at radius 2 is 2.00 bits per heavy atom. The van der Waals surface area contributed by atoms with E-state index in [1.165, 1.54) is 30.7 Å². The van der Waals surface area contributed by atoms with E-state index in [0.717, 1.165) is 5.56 Å².